The number of nitrogens with zero attached hydrogens (tertiary/aromatic N) is 1. The number of halogens is 1. The molecule has 0 aliphatic heterocycles. The minimum Gasteiger partial charge on any atom is -0.312 e. The summed E-state index contributed by atoms with van der Waals surface area (Å²) < 4.78 is 0.988. The van der Waals surface area contributed by atoms with E-state index in [9.17, 15) is 0 Å². The van der Waals surface area contributed by atoms with E-state index in [1.807, 2.05) is 24.5 Å². The van der Waals surface area contributed by atoms with Gasteiger partial charge in [0.15, 0.2) is 0 Å². The van der Waals surface area contributed by atoms with E-state index < -0.39 is 0 Å². The average Bonchev–Trinajstić information content (AvgIpc) is 2.14. The summed E-state index contributed by atoms with van der Waals surface area (Å²) in [6.07, 6.45) is 4.67. The van der Waals surface area contributed by atoms with Crippen molar-refractivity contribution in [2.24, 2.45) is 0 Å². The summed E-state index contributed by atoms with van der Waals surface area (Å²) >= 11 is 3.29. The van der Waals surface area contributed by atoms with E-state index in [-0.39, 0.29) is 0 Å². The molecule has 13 heavy (non-hydrogen) atoms. The van der Waals surface area contributed by atoms with Crippen LogP contribution in [0, 0.1) is 0 Å². The Kier molecular flexibility index (Phi) is 4.72. The fourth-order valence-corrected chi connectivity index (χ4v) is 1.20. The van der Waals surface area contributed by atoms with E-state index in [0.29, 0.717) is 0 Å². The van der Waals surface area contributed by atoms with Crippen molar-refractivity contribution < 1.29 is 0 Å². The van der Waals surface area contributed by atoms with Gasteiger partial charge >= 0.3 is 0 Å². The first-order valence-electron chi connectivity index (χ1n) is 4.22. The average molecular weight is 241 g/mol. The summed E-state index contributed by atoms with van der Waals surface area (Å²) in [5, 5.41) is 3.27. The van der Waals surface area contributed by atoms with Crippen molar-refractivity contribution in [3.8, 4) is 0 Å². The number of pyridine rings is 1. The number of hydrogen-bond donors (Lipinski definition) is 1. The predicted octanol–water partition coefficient (Wildman–Crippen LogP) is 2.12. The normalized spacial score (nSPS) is 9.92. The molecule has 0 saturated heterocycles. The Morgan fingerprint density at radius 1 is 1.46 bits per heavy atom. The lowest BCUT2D eigenvalue weighted by atomic mass is 10.2. The second kappa shape index (κ2) is 5.89. The van der Waals surface area contributed by atoms with Gasteiger partial charge in [-0.1, -0.05) is 22.5 Å². The maximum absolute atomic E-state index is 3.96. The van der Waals surface area contributed by atoms with Gasteiger partial charge in [-0.3, -0.25) is 4.98 Å². The van der Waals surface area contributed by atoms with Gasteiger partial charge in [0.25, 0.3) is 0 Å². The quantitative estimate of drug-likeness (QED) is 0.799. The molecule has 70 valence electrons. The molecule has 0 fully saturated rings. The maximum atomic E-state index is 3.96. The Balaban J connectivity index is 2.17. The van der Waals surface area contributed by atoms with Gasteiger partial charge in [-0.2, -0.15) is 0 Å². The molecule has 0 atom stereocenters. The van der Waals surface area contributed by atoms with Crippen LogP contribution in [0.2, 0.25) is 0 Å². The minimum absolute atomic E-state index is 0.824. The Morgan fingerprint density at radius 3 is 2.77 bits per heavy atom. The third kappa shape index (κ3) is 4.80. The van der Waals surface area contributed by atoms with Crippen LogP contribution < -0.4 is 5.32 Å². The van der Waals surface area contributed by atoms with E-state index >= 15 is 0 Å². The van der Waals surface area contributed by atoms with Gasteiger partial charge in [0, 0.05) is 23.4 Å². The molecule has 3 heteroatoms. The molecule has 0 saturated carbocycles. The summed E-state index contributed by atoms with van der Waals surface area (Å²) in [6, 6.07) is 4.06. The molecule has 0 aliphatic carbocycles. The van der Waals surface area contributed by atoms with Gasteiger partial charge in [-0.05, 0) is 30.7 Å². The molecular weight excluding hydrogens is 228 g/mol. The van der Waals surface area contributed by atoms with Crippen molar-refractivity contribution in [1.82, 2.24) is 10.3 Å². The zero-order valence-electron chi connectivity index (χ0n) is 7.46. The molecule has 0 bridgehead atoms. The van der Waals surface area contributed by atoms with Crippen molar-refractivity contribution in [1.29, 1.82) is 0 Å². The molecule has 0 aromatic carbocycles. The molecule has 1 aromatic heterocycles. The molecule has 1 rings (SSSR count). The van der Waals surface area contributed by atoms with Gasteiger partial charge in [-0.25, -0.2) is 0 Å². The zero-order valence-corrected chi connectivity index (χ0v) is 9.05. The van der Waals surface area contributed by atoms with Gasteiger partial charge in [0.1, 0.15) is 0 Å². The van der Waals surface area contributed by atoms with Crippen LogP contribution in [-0.2, 0) is 6.42 Å². The third-order valence-electron chi connectivity index (χ3n) is 1.66. The molecule has 2 nitrogen and oxygen atoms in total. The molecule has 0 amide bonds. The van der Waals surface area contributed by atoms with Crippen LogP contribution in [0.1, 0.15) is 5.56 Å². The molecule has 0 unspecified atom stereocenters. The second-order valence-electron chi connectivity index (χ2n) is 2.80. The number of rotatable bonds is 5. The Hall–Kier alpha value is -0.670. The standard InChI is InChI=1S/C10H13BrN2/c1-9(11)8-13-7-4-10-2-5-12-6-3-10/h2-3,5-6,13H,1,4,7-8H2. The lowest BCUT2D eigenvalue weighted by Gasteiger charge is -2.02. The van der Waals surface area contributed by atoms with Gasteiger partial charge in [0.05, 0.1) is 0 Å². The fraction of sp³-hybridized carbons (Fsp3) is 0.300. The number of hydrogen-bond acceptors (Lipinski definition) is 2. The summed E-state index contributed by atoms with van der Waals surface area (Å²) in [7, 11) is 0. The van der Waals surface area contributed by atoms with E-state index in [4.69, 9.17) is 0 Å². The fourth-order valence-electron chi connectivity index (χ4n) is 1.01. The summed E-state index contributed by atoms with van der Waals surface area (Å²) in [4.78, 5) is 3.96. The monoisotopic (exact) mass is 240 g/mol. The molecule has 0 radical (unpaired) electrons. The van der Waals surface area contributed by atoms with Crippen molar-refractivity contribution in [2.75, 3.05) is 13.1 Å². The molecule has 1 heterocycles. The summed E-state index contributed by atoms with van der Waals surface area (Å²) in [5.74, 6) is 0. The highest BCUT2D eigenvalue weighted by atomic mass is 79.9. The van der Waals surface area contributed by atoms with Crippen LogP contribution in [0.4, 0.5) is 0 Å². The lowest BCUT2D eigenvalue weighted by Crippen LogP contribution is -2.18. The molecule has 1 aromatic rings. The van der Waals surface area contributed by atoms with Crippen LogP contribution in [0.5, 0.6) is 0 Å². The Labute approximate surface area is 87.2 Å². The van der Waals surface area contributed by atoms with Crippen LogP contribution in [0.15, 0.2) is 35.6 Å². The zero-order chi connectivity index (χ0) is 9.52. The molecule has 0 spiro atoms. The van der Waals surface area contributed by atoms with E-state index in [1.54, 1.807) is 0 Å². The van der Waals surface area contributed by atoms with Crippen molar-refractivity contribution in [3.05, 3.63) is 41.2 Å². The third-order valence-corrected chi connectivity index (χ3v) is 1.94. The number of aromatic nitrogens is 1. The summed E-state index contributed by atoms with van der Waals surface area (Å²) in [6.45, 7) is 5.54. The highest BCUT2D eigenvalue weighted by Crippen LogP contribution is 1.98. The van der Waals surface area contributed by atoms with Gasteiger partial charge in [-0.15, -0.1) is 0 Å². The SMILES string of the molecule is C=C(Br)CNCCc1ccncc1. The maximum Gasteiger partial charge on any atom is 0.0270 e. The van der Waals surface area contributed by atoms with Crippen molar-refractivity contribution in [2.45, 2.75) is 6.42 Å². The highest BCUT2D eigenvalue weighted by Gasteiger charge is 1.91. The van der Waals surface area contributed by atoms with E-state index in [0.717, 1.165) is 24.0 Å². The van der Waals surface area contributed by atoms with E-state index in [1.165, 1.54) is 5.56 Å². The van der Waals surface area contributed by atoms with Crippen LogP contribution >= 0.6 is 15.9 Å². The van der Waals surface area contributed by atoms with Crippen LogP contribution in [-0.4, -0.2) is 18.1 Å². The highest BCUT2D eigenvalue weighted by molar-refractivity contribution is 9.11. The first-order chi connectivity index (χ1) is 6.29. The van der Waals surface area contributed by atoms with Crippen LogP contribution in [0.25, 0.3) is 0 Å². The summed E-state index contributed by atoms with van der Waals surface area (Å²) in [5.41, 5.74) is 1.31. The Morgan fingerprint density at radius 2 is 2.15 bits per heavy atom. The van der Waals surface area contributed by atoms with Crippen molar-refractivity contribution >= 4 is 15.9 Å². The molecule has 0 aliphatic rings. The number of nitrogens with one attached hydrogen (secondary N) is 1. The second-order valence-corrected chi connectivity index (χ2v) is 3.92. The lowest BCUT2D eigenvalue weighted by molar-refractivity contribution is 0.742. The Bertz CT molecular complexity index is 259. The first-order valence-corrected chi connectivity index (χ1v) is 5.01. The topological polar surface area (TPSA) is 24.9 Å². The molecular formula is C10H13BrN2. The van der Waals surface area contributed by atoms with Gasteiger partial charge < -0.3 is 5.32 Å². The van der Waals surface area contributed by atoms with Gasteiger partial charge in [0.2, 0.25) is 0 Å². The molecule has 1 N–H and O–H groups in total. The predicted molar refractivity (Wildman–Crippen MR) is 58.9 cm³/mol. The smallest absolute Gasteiger partial charge is 0.0270 e. The first kappa shape index (κ1) is 10.4. The van der Waals surface area contributed by atoms with Crippen molar-refractivity contribution in [3.63, 3.8) is 0 Å². The largest absolute Gasteiger partial charge is 0.312 e. The van der Waals surface area contributed by atoms with Crippen LogP contribution in [0.3, 0.4) is 0 Å². The minimum atomic E-state index is 0.824. The van der Waals surface area contributed by atoms with E-state index in [2.05, 4.69) is 32.8 Å².